The van der Waals surface area contributed by atoms with E-state index in [4.69, 9.17) is 32.2 Å². The van der Waals surface area contributed by atoms with Crippen LogP contribution >= 0.6 is 0 Å². The molecule has 2 aliphatic heterocycles. The largest absolute Gasteiger partial charge is 0.483 e. The lowest BCUT2D eigenvalue weighted by atomic mass is 9.86. The van der Waals surface area contributed by atoms with Crippen molar-refractivity contribution in [3.63, 3.8) is 0 Å². The third-order valence-electron chi connectivity index (χ3n) is 16.5. The number of carboxylic acid groups (broad SMARTS) is 1. The molecule has 17 heteroatoms. The number of carboxylic acids is 1. The van der Waals surface area contributed by atoms with Gasteiger partial charge in [0.25, 0.3) is 5.69 Å². The molecule has 0 saturated carbocycles. The Kier molecular flexibility index (Phi) is 24.3. The van der Waals surface area contributed by atoms with E-state index in [9.17, 15) is 29.6 Å². The number of nitro groups is 1. The van der Waals surface area contributed by atoms with E-state index in [-0.39, 0.29) is 48.5 Å². The van der Waals surface area contributed by atoms with Gasteiger partial charge in [-0.15, -0.1) is 0 Å². The number of non-ortho nitro benzene ring substituents is 1. The fraction of sp³-hybridized carbons (Fsp3) is 0.727. The monoisotopic (exact) mass is 1060 g/mol. The number of nitrogens with zero attached hydrogens (tertiary/aromatic N) is 1. The average molecular weight is 1060 g/mol. The summed E-state index contributed by atoms with van der Waals surface area (Å²) in [6.45, 7) is 32.9. The lowest BCUT2D eigenvalue weighted by Crippen LogP contribution is -2.51. The predicted octanol–water partition coefficient (Wildman–Crippen LogP) is 13.5. The molecule has 0 spiro atoms. The molecule has 408 valence electrons. The van der Waals surface area contributed by atoms with Gasteiger partial charge in [-0.3, -0.25) is 24.5 Å². The first-order valence-electron chi connectivity index (χ1n) is 27.2. The summed E-state index contributed by atoms with van der Waals surface area (Å²) in [7, 11) is -6.55. The van der Waals surface area contributed by atoms with Crippen LogP contribution in [0, 0.1) is 27.9 Å². The van der Waals surface area contributed by atoms with Crippen LogP contribution < -0.4 is 4.74 Å². The Hall–Kier alpha value is -3.46. The van der Waals surface area contributed by atoms with Gasteiger partial charge in [0.05, 0.1) is 28.8 Å². The van der Waals surface area contributed by atoms with Crippen molar-refractivity contribution in [1.82, 2.24) is 0 Å². The molecular weight excluding hydrogens is 967 g/mol. The van der Waals surface area contributed by atoms with E-state index in [0.717, 1.165) is 42.7 Å². The molecule has 3 rings (SSSR count). The minimum atomic E-state index is -2.57. The standard InChI is InChI=1S/C55H93NO13Si3/c1-17-45(67-70(18-2,19-3)20-4)41(13)51-47(64-51)38-54(15,69-72(24-8,25-9)26-10)36-27-28-39(11)50-40(12)29-34-48(63-42(14)57)55(16,66-44-32-30-43(31-33-44)56(61)62)37-35-46(49(52(58)59)53(60)65-50)68-71(21-5,22-6)23-7/h27-34,36,40-41,45-51H,17-26,35,37-38H2,1-16H3,(H,58,59)/b34-29-,36-27+,39-28+. The first-order valence-corrected chi connectivity index (χ1v) is 34.8. The van der Waals surface area contributed by atoms with Gasteiger partial charge < -0.3 is 37.3 Å². The van der Waals surface area contributed by atoms with Gasteiger partial charge in [-0.1, -0.05) is 107 Å². The predicted molar refractivity (Wildman–Crippen MR) is 293 cm³/mol. The normalized spacial score (nSPS) is 26.9. The molecule has 1 saturated heterocycles. The van der Waals surface area contributed by atoms with Crippen molar-refractivity contribution in [2.45, 2.75) is 239 Å². The number of hydrogen-bond acceptors (Lipinski definition) is 12. The molecule has 11 atom stereocenters. The van der Waals surface area contributed by atoms with E-state index in [1.165, 1.54) is 31.2 Å². The van der Waals surface area contributed by atoms with Gasteiger partial charge in [-0.05, 0) is 118 Å². The van der Waals surface area contributed by atoms with Crippen molar-refractivity contribution in [3.8, 4) is 5.75 Å². The lowest BCUT2D eigenvalue weighted by Gasteiger charge is -2.40. The van der Waals surface area contributed by atoms with Gasteiger partial charge in [-0.25, -0.2) is 0 Å². The molecule has 1 aromatic rings. The third-order valence-corrected chi connectivity index (χ3v) is 30.6. The number of aliphatic carboxylic acids is 1. The zero-order valence-electron chi connectivity index (χ0n) is 46.9. The highest BCUT2D eigenvalue weighted by Gasteiger charge is 2.51. The Morgan fingerprint density at radius 1 is 0.903 bits per heavy atom. The zero-order chi connectivity index (χ0) is 54.2. The van der Waals surface area contributed by atoms with Crippen LogP contribution in [0.4, 0.5) is 5.69 Å². The van der Waals surface area contributed by atoms with Crippen molar-refractivity contribution < 1.29 is 56.6 Å². The van der Waals surface area contributed by atoms with Gasteiger partial charge in [0.15, 0.2) is 37.0 Å². The van der Waals surface area contributed by atoms with Crippen molar-refractivity contribution in [2.75, 3.05) is 0 Å². The van der Waals surface area contributed by atoms with Crippen molar-refractivity contribution >= 4 is 48.5 Å². The first-order chi connectivity index (χ1) is 33.9. The summed E-state index contributed by atoms with van der Waals surface area (Å²) in [6, 6.07) is 13.9. The molecule has 1 aromatic carbocycles. The van der Waals surface area contributed by atoms with Crippen molar-refractivity contribution in [2.24, 2.45) is 17.8 Å². The van der Waals surface area contributed by atoms with Crippen LogP contribution in [0.3, 0.4) is 0 Å². The highest BCUT2D eigenvalue weighted by Crippen LogP contribution is 2.43. The Morgan fingerprint density at radius 3 is 1.94 bits per heavy atom. The highest BCUT2D eigenvalue weighted by molar-refractivity contribution is 6.74. The molecule has 0 bridgehead atoms. The maximum atomic E-state index is 14.6. The fourth-order valence-corrected chi connectivity index (χ4v) is 19.7. The van der Waals surface area contributed by atoms with Crippen molar-refractivity contribution in [1.29, 1.82) is 0 Å². The maximum Gasteiger partial charge on any atom is 0.323 e. The SMILES string of the molecule is CCC(O[Si](CC)(CC)CC)C(C)C1OC1CC(C)(/C=C/C=C(\C)C1OC(=O)C(C(=O)O)C(O[Si](CC)(CC)CC)CCC(C)(Oc2ccc([N+](=O)[O-])cc2)C(OC(C)=O)/C=C\C1C)O[Si](CC)(CC)CC. The quantitative estimate of drug-likeness (QED) is 0.0122. The van der Waals surface area contributed by atoms with Crippen LogP contribution in [0.5, 0.6) is 5.75 Å². The summed E-state index contributed by atoms with van der Waals surface area (Å²) in [5, 5.41) is 22.5. The number of allylic oxidation sites excluding steroid dienone is 2. The number of epoxide rings is 1. The molecule has 72 heavy (non-hydrogen) atoms. The molecule has 0 aromatic heterocycles. The fourth-order valence-electron chi connectivity index (χ4n) is 10.7. The van der Waals surface area contributed by atoms with E-state index >= 15 is 0 Å². The van der Waals surface area contributed by atoms with E-state index < -0.39 is 89.1 Å². The summed E-state index contributed by atoms with van der Waals surface area (Å²) in [5.74, 6) is -4.61. The Morgan fingerprint density at radius 2 is 1.46 bits per heavy atom. The lowest BCUT2D eigenvalue weighted by molar-refractivity contribution is -0.384. The first kappa shape index (κ1) is 62.8. The Labute approximate surface area is 435 Å². The van der Waals surface area contributed by atoms with Gasteiger partial charge >= 0.3 is 17.9 Å². The number of nitro benzene ring substituents is 1. The molecule has 11 unspecified atom stereocenters. The highest BCUT2D eigenvalue weighted by atomic mass is 28.4. The van der Waals surface area contributed by atoms with E-state index in [1.54, 1.807) is 19.1 Å². The second-order valence-electron chi connectivity index (χ2n) is 21.0. The molecule has 0 radical (unpaired) electrons. The molecular formula is C55H93NO13Si3. The van der Waals surface area contributed by atoms with Crippen LogP contribution in [0.2, 0.25) is 54.4 Å². The summed E-state index contributed by atoms with van der Waals surface area (Å²) in [4.78, 5) is 51.9. The van der Waals surface area contributed by atoms with Gasteiger partial charge in [0.2, 0.25) is 0 Å². The second-order valence-corrected chi connectivity index (χ2v) is 35.1. The Balaban J connectivity index is 2.18. The summed E-state index contributed by atoms with van der Waals surface area (Å²) in [6.07, 6.45) is 8.25. The second kappa shape index (κ2) is 27.9. The molecule has 1 fully saturated rings. The molecule has 2 aliphatic rings. The van der Waals surface area contributed by atoms with Crippen LogP contribution in [0.15, 0.2) is 60.2 Å². The average Bonchev–Trinajstić information content (AvgIpc) is 4.12. The van der Waals surface area contributed by atoms with Gasteiger partial charge in [0, 0.05) is 43.4 Å². The van der Waals surface area contributed by atoms with Gasteiger partial charge in [0.1, 0.15) is 17.5 Å². The molecule has 2 heterocycles. The molecule has 0 aliphatic carbocycles. The number of cyclic esters (lactones) is 1. The number of benzene rings is 1. The number of hydrogen-bond donors (Lipinski definition) is 1. The van der Waals surface area contributed by atoms with E-state index in [0.29, 0.717) is 30.1 Å². The third kappa shape index (κ3) is 16.5. The van der Waals surface area contributed by atoms with Crippen LogP contribution in [0.1, 0.15) is 136 Å². The zero-order valence-corrected chi connectivity index (χ0v) is 49.9. The van der Waals surface area contributed by atoms with Crippen molar-refractivity contribution in [3.05, 3.63) is 70.3 Å². The van der Waals surface area contributed by atoms with E-state index in [2.05, 4.69) is 68.4 Å². The number of carbonyl (C=O) groups is 3. The number of carbonyl (C=O) groups excluding carboxylic acids is 2. The number of esters is 2. The molecule has 1 N–H and O–H groups in total. The molecule has 14 nitrogen and oxygen atoms in total. The summed E-state index contributed by atoms with van der Waals surface area (Å²) >= 11 is 0. The number of ether oxygens (including phenoxy) is 4. The minimum Gasteiger partial charge on any atom is -0.483 e. The topological polar surface area (TPSA) is 182 Å². The summed E-state index contributed by atoms with van der Waals surface area (Å²) in [5.41, 5.74) is -1.52. The molecule has 0 amide bonds. The van der Waals surface area contributed by atoms with E-state index in [1.807, 2.05) is 46.8 Å². The van der Waals surface area contributed by atoms with Crippen LogP contribution in [-0.4, -0.2) is 101 Å². The van der Waals surface area contributed by atoms with Crippen LogP contribution in [-0.2, 0) is 41.9 Å². The van der Waals surface area contributed by atoms with Crippen LogP contribution in [0.25, 0.3) is 0 Å². The Bertz CT molecular complexity index is 1980. The summed E-state index contributed by atoms with van der Waals surface area (Å²) < 4.78 is 46.8. The maximum absolute atomic E-state index is 14.6. The smallest absolute Gasteiger partial charge is 0.323 e. The van der Waals surface area contributed by atoms with Gasteiger partial charge in [-0.2, -0.15) is 0 Å². The minimum absolute atomic E-state index is 0.00806. The number of rotatable bonds is 28.